The molecule has 5 nitrogen and oxygen atoms in total. The van der Waals surface area contributed by atoms with Gasteiger partial charge < -0.3 is 9.84 Å². The molecule has 1 aromatic carbocycles. The lowest BCUT2D eigenvalue weighted by Crippen LogP contribution is -1.99. The summed E-state index contributed by atoms with van der Waals surface area (Å²) in [6.45, 7) is 0. The van der Waals surface area contributed by atoms with Crippen LogP contribution in [-0.4, -0.2) is 16.1 Å². The molecule has 0 saturated carbocycles. The van der Waals surface area contributed by atoms with E-state index in [-0.39, 0.29) is 12.1 Å². The summed E-state index contributed by atoms with van der Waals surface area (Å²) in [6, 6.07) is 11.9. The van der Waals surface area contributed by atoms with E-state index < -0.39 is 5.97 Å². The fourth-order valence-corrected chi connectivity index (χ4v) is 1.57. The van der Waals surface area contributed by atoms with E-state index >= 15 is 0 Å². The zero-order valence-corrected chi connectivity index (χ0v) is 9.91. The molecule has 0 saturated heterocycles. The van der Waals surface area contributed by atoms with E-state index in [2.05, 4.69) is 4.98 Å². The zero-order chi connectivity index (χ0) is 13.7. The lowest BCUT2D eigenvalue weighted by atomic mass is 10.1. The van der Waals surface area contributed by atoms with Crippen molar-refractivity contribution in [2.75, 3.05) is 0 Å². The van der Waals surface area contributed by atoms with Crippen LogP contribution in [0.2, 0.25) is 0 Å². The SMILES string of the molecule is N#Cc1cc(Oc2cccc(CC(=O)O)c2)ccn1. The maximum Gasteiger partial charge on any atom is 0.307 e. The molecule has 1 aromatic heterocycles. The number of carboxylic acid groups (broad SMARTS) is 1. The average Bonchev–Trinajstić information content (AvgIpc) is 2.38. The Bertz CT molecular complexity index is 647. The molecule has 2 aromatic rings. The van der Waals surface area contributed by atoms with Crippen LogP contribution in [0.3, 0.4) is 0 Å². The minimum absolute atomic E-state index is 0.0585. The highest BCUT2D eigenvalue weighted by Crippen LogP contribution is 2.22. The third-order valence-electron chi connectivity index (χ3n) is 2.34. The van der Waals surface area contributed by atoms with Crippen LogP contribution in [0.5, 0.6) is 11.5 Å². The van der Waals surface area contributed by atoms with Crippen molar-refractivity contribution >= 4 is 5.97 Å². The number of hydrogen-bond acceptors (Lipinski definition) is 4. The van der Waals surface area contributed by atoms with Crippen LogP contribution < -0.4 is 4.74 Å². The second-order valence-corrected chi connectivity index (χ2v) is 3.81. The van der Waals surface area contributed by atoms with E-state index in [4.69, 9.17) is 15.1 Å². The first-order chi connectivity index (χ1) is 9.17. The van der Waals surface area contributed by atoms with E-state index in [1.54, 1.807) is 30.3 Å². The second kappa shape index (κ2) is 5.65. The van der Waals surface area contributed by atoms with Crippen molar-refractivity contribution in [2.24, 2.45) is 0 Å². The molecule has 0 amide bonds. The number of aromatic nitrogens is 1. The first kappa shape index (κ1) is 12.6. The summed E-state index contributed by atoms with van der Waals surface area (Å²) in [5.41, 5.74) is 0.916. The Balaban J connectivity index is 2.18. The highest BCUT2D eigenvalue weighted by atomic mass is 16.5. The van der Waals surface area contributed by atoms with Gasteiger partial charge in [-0.25, -0.2) is 4.98 Å². The first-order valence-corrected chi connectivity index (χ1v) is 5.52. The molecule has 0 fully saturated rings. The molecule has 0 aliphatic heterocycles. The van der Waals surface area contributed by atoms with Crippen molar-refractivity contribution in [1.29, 1.82) is 5.26 Å². The standard InChI is InChI=1S/C14H10N2O3/c15-9-11-8-13(4-5-16-11)19-12-3-1-2-10(6-12)7-14(17)18/h1-6,8H,7H2,(H,17,18). The molecule has 0 aliphatic carbocycles. The van der Waals surface area contributed by atoms with Crippen molar-refractivity contribution in [2.45, 2.75) is 6.42 Å². The smallest absolute Gasteiger partial charge is 0.307 e. The summed E-state index contributed by atoms with van der Waals surface area (Å²) in [6.07, 6.45) is 1.42. The molecular weight excluding hydrogens is 244 g/mol. The minimum Gasteiger partial charge on any atom is -0.481 e. The fourth-order valence-electron chi connectivity index (χ4n) is 1.57. The van der Waals surface area contributed by atoms with Gasteiger partial charge in [-0.15, -0.1) is 0 Å². The number of aliphatic carboxylic acids is 1. The van der Waals surface area contributed by atoms with E-state index in [1.165, 1.54) is 12.3 Å². The molecule has 1 N–H and O–H groups in total. The number of nitriles is 1. The molecule has 19 heavy (non-hydrogen) atoms. The quantitative estimate of drug-likeness (QED) is 0.905. The average molecular weight is 254 g/mol. The maximum absolute atomic E-state index is 10.6. The van der Waals surface area contributed by atoms with Gasteiger partial charge in [-0.2, -0.15) is 5.26 Å². The molecule has 0 atom stereocenters. The normalized spacial score (nSPS) is 9.63. The largest absolute Gasteiger partial charge is 0.481 e. The monoisotopic (exact) mass is 254 g/mol. The second-order valence-electron chi connectivity index (χ2n) is 3.81. The number of pyridine rings is 1. The number of carbonyl (C=O) groups is 1. The Morgan fingerprint density at radius 2 is 2.11 bits per heavy atom. The van der Waals surface area contributed by atoms with Crippen LogP contribution in [0.1, 0.15) is 11.3 Å². The van der Waals surface area contributed by atoms with Crippen LogP contribution in [0.25, 0.3) is 0 Å². The van der Waals surface area contributed by atoms with E-state index in [9.17, 15) is 4.79 Å². The molecule has 0 spiro atoms. The van der Waals surface area contributed by atoms with Gasteiger partial charge >= 0.3 is 5.97 Å². The Morgan fingerprint density at radius 3 is 2.84 bits per heavy atom. The third-order valence-corrected chi connectivity index (χ3v) is 2.34. The summed E-state index contributed by atoms with van der Waals surface area (Å²) in [4.78, 5) is 14.5. The third kappa shape index (κ3) is 3.54. The molecule has 2 rings (SSSR count). The summed E-state index contributed by atoms with van der Waals surface area (Å²) < 4.78 is 5.56. The molecular formula is C14H10N2O3. The Kier molecular flexibility index (Phi) is 3.74. The molecule has 94 valence electrons. The van der Waals surface area contributed by atoms with Gasteiger partial charge in [0.05, 0.1) is 6.42 Å². The van der Waals surface area contributed by atoms with Crippen molar-refractivity contribution in [1.82, 2.24) is 4.98 Å². The van der Waals surface area contributed by atoms with Gasteiger partial charge in [0.2, 0.25) is 0 Å². The summed E-state index contributed by atoms with van der Waals surface area (Å²) >= 11 is 0. The van der Waals surface area contributed by atoms with Gasteiger partial charge in [-0.1, -0.05) is 12.1 Å². The summed E-state index contributed by atoms with van der Waals surface area (Å²) in [5.74, 6) is 0.112. The number of hydrogen-bond donors (Lipinski definition) is 1. The molecule has 1 heterocycles. The molecule has 0 bridgehead atoms. The van der Waals surface area contributed by atoms with Gasteiger partial charge in [0.25, 0.3) is 0 Å². The van der Waals surface area contributed by atoms with E-state index in [1.807, 2.05) is 6.07 Å². The first-order valence-electron chi connectivity index (χ1n) is 5.52. The Hall–Kier alpha value is -2.87. The Morgan fingerprint density at radius 1 is 1.32 bits per heavy atom. The van der Waals surface area contributed by atoms with Gasteiger partial charge in [-0.05, 0) is 23.8 Å². The van der Waals surface area contributed by atoms with Crippen LogP contribution in [0, 0.1) is 11.3 Å². The van der Waals surface area contributed by atoms with Crippen LogP contribution in [-0.2, 0) is 11.2 Å². The predicted molar refractivity (Wildman–Crippen MR) is 66.8 cm³/mol. The predicted octanol–water partition coefficient (Wildman–Crippen LogP) is 2.37. The highest BCUT2D eigenvalue weighted by Gasteiger charge is 2.03. The fraction of sp³-hybridized carbons (Fsp3) is 0.0714. The topological polar surface area (TPSA) is 83.2 Å². The lowest BCUT2D eigenvalue weighted by Gasteiger charge is -2.06. The van der Waals surface area contributed by atoms with Gasteiger partial charge in [0.1, 0.15) is 23.3 Å². The number of nitrogens with zero attached hydrogens (tertiary/aromatic N) is 2. The number of ether oxygens (including phenoxy) is 1. The molecule has 0 aliphatic rings. The Labute approximate surface area is 109 Å². The number of benzene rings is 1. The van der Waals surface area contributed by atoms with Gasteiger partial charge in [-0.3, -0.25) is 4.79 Å². The molecule has 5 heteroatoms. The van der Waals surface area contributed by atoms with Gasteiger partial charge in [0, 0.05) is 12.3 Å². The lowest BCUT2D eigenvalue weighted by molar-refractivity contribution is -0.136. The highest BCUT2D eigenvalue weighted by molar-refractivity contribution is 5.70. The summed E-state index contributed by atoms with van der Waals surface area (Å²) in [7, 11) is 0. The minimum atomic E-state index is -0.896. The van der Waals surface area contributed by atoms with Crippen LogP contribution in [0.15, 0.2) is 42.6 Å². The van der Waals surface area contributed by atoms with Crippen molar-refractivity contribution in [3.63, 3.8) is 0 Å². The zero-order valence-electron chi connectivity index (χ0n) is 9.91. The molecule has 0 unspecified atom stereocenters. The van der Waals surface area contributed by atoms with Crippen LogP contribution >= 0.6 is 0 Å². The summed E-state index contributed by atoms with van der Waals surface area (Å²) in [5, 5.41) is 17.5. The van der Waals surface area contributed by atoms with Crippen molar-refractivity contribution in [3.8, 4) is 17.6 Å². The van der Waals surface area contributed by atoms with Gasteiger partial charge in [0.15, 0.2) is 0 Å². The van der Waals surface area contributed by atoms with E-state index in [0.717, 1.165) is 0 Å². The van der Waals surface area contributed by atoms with Crippen molar-refractivity contribution in [3.05, 3.63) is 53.9 Å². The van der Waals surface area contributed by atoms with Crippen LogP contribution in [0.4, 0.5) is 0 Å². The molecule has 0 radical (unpaired) electrons. The van der Waals surface area contributed by atoms with Crippen molar-refractivity contribution < 1.29 is 14.6 Å². The number of rotatable bonds is 4. The van der Waals surface area contributed by atoms with E-state index in [0.29, 0.717) is 17.1 Å². The number of carboxylic acids is 1. The maximum atomic E-state index is 10.6.